The fourth-order valence-corrected chi connectivity index (χ4v) is 3.18. The first-order valence-corrected chi connectivity index (χ1v) is 7.43. The number of ketones is 1. The second kappa shape index (κ2) is 7.97. The number of halogens is 3. The second-order valence-corrected chi connectivity index (χ2v) is 7.00. The quantitative estimate of drug-likeness (QED) is 0.296. The van der Waals surface area contributed by atoms with E-state index < -0.39 is 23.1 Å². The molecule has 0 aliphatic carbocycles. The molecule has 0 spiro atoms. The summed E-state index contributed by atoms with van der Waals surface area (Å²) >= 11 is 0. The number of hydrogen-bond acceptors (Lipinski definition) is 4. The largest absolute Gasteiger partial charge is 0.449 e. The third kappa shape index (κ3) is 8.72. The molecule has 0 aromatic heterocycles. The molecular weight excluding hydrogens is 285 g/mol. The van der Waals surface area contributed by atoms with Crippen molar-refractivity contribution in [1.82, 2.24) is 0 Å². The highest BCUT2D eigenvalue weighted by Gasteiger charge is 2.38. The van der Waals surface area contributed by atoms with Gasteiger partial charge in [0.25, 0.3) is 0 Å². The third-order valence-corrected chi connectivity index (χ3v) is 4.90. The minimum atomic E-state index is -4.73. The lowest BCUT2D eigenvalue weighted by atomic mass is 10.0. The average molecular weight is 300 g/mol. The van der Waals surface area contributed by atoms with Gasteiger partial charge in [-0.1, -0.05) is 27.5 Å². The van der Waals surface area contributed by atoms with Gasteiger partial charge in [0.1, 0.15) is 12.5 Å². The van der Waals surface area contributed by atoms with Crippen molar-refractivity contribution < 1.29 is 22.7 Å². The van der Waals surface area contributed by atoms with E-state index in [2.05, 4.69) is 5.92 Å². The molecule has 0 aromatic rings. The van der Waals surface area contributed by atoms with E-state index in [0.29, 0.717) is 5.94 Å². The summed E-state index contributed by atoms with van der Waals surface area (Å²) in [5.41, 5.74) is 0. The number of carbonyl (C=O) groups is 1. The molecule has 0 amide bonds. The molecule has 0 saturated heterocycles. The van der Waals surface area contributed by atoms with Crippen molar-refractivity contribution in [3.63, 3.8) is 0 Å². The Morgan fingerprint density at radius 1 is 1.39 bits per heavy atom. The summed E-state index contributed by atoms with van der Waals surface area (Å²) in [5.74, 6) is 0.998. The van der Waals surface area contributed by atoms with Crippen molar-refractivity contribution in [1.29, 1.82) is 0 Å². The number of Topliss-reactive ketones (excluding diaryl/α,β-unsaturated/α-hetero) is 1. The van der Waals surface area contributed by atoms with Crippen molar-refractivity contribution in [2.24, 2.45) is 0 Å². The van der Waals surface area contributed by atoms with Crippen LogP contribution in [0.1, 0.15) is 26.7 Å². The molecule has 0 atom stereocenters. The van der Waals surface area contributed by atoms with Gasteiger partial charge < -0.3 is 4.74 Å². The SMILES string of the molecule is C#CCOCSSC(C)(C)CCC(=O)C(F)(F)F. The van der Waals surface area contributed by atoms with Crippen LogP contribution in [-0.2, 0) is 9.53 Å². The van der Waals surface area contributed by atoms with Crippen molar-refractivity contribution in [3.05, 3.63) is 0 Å². The molecule has 0 N–H and O–H groups in total. The van der Waals surface area contributed by atoms with Crippen LogP contribution < -0.4 is 0 Å². The van der Waals surface area contributed by atoms with Gasteiger partial charge in [0.2, 0.25) is 5.78 Å². The summed E-state index contributed by atoms with van der Waals surface area (Å²) in [4.78, 5) is 10.7. The van der Waals surface area contributed by atoms with Gasteiger partial charge in [0.15, 0.2) is 0 Å². The lowest BCUT2D eigenvalue weighted by molar-refractivity contribution is -0.171. The van der Waals surface area contributed by atoms with Gasteiger partial charge in [-0.15, -0.1) is 6.42 Å². The fraction of sp³-hybridized carbons (Fsp3) is 0.727. The molecule has 18 heavy (non-hydrogen) atoms. The van der Waals surface area contributed by atoms with Gasteiger partial charge in [-0.2, -0.15) is 13.2 Å². The summed E-state index contributed by atoms with van der Waals surface area (Å²) < 4.78 is 40.6. The zero-order valence-electron chi connectivity index (χ0n) is 10.2. The van der Waals surface area contributed by atoms with Crippen molar-refractivity contribution in [2.45, 2.75) is 37.6 Å². The summed E-state index contributed by atoms with van der Waals surface area (Å²) in [6.07, 6.45) is -0.0751. The van der Waals surface area contributed by atoms with Crippen LogP contribution in [0.5, 0.6) is 0 Å². The molecule has 0 heterocycles. The highest BCUT2D eigenvalue weighted by Crippen LogP contribution is 2.39. The van der Waals surface area contributed by atoms with Gasteiger partial charge in [0.05, 0.1) is 0 Å². The molecule has 0 radical (unpaired) electrons. The molecule has 0 unspecified atom stereocenters. The molecule has 0 aromatic carbocycles. The molecule has 0 fully saturated rings. The normalized spacial score (nSPS) is 12.2. The third-order valence-electron chi connectivity index (χ3n) is 1.87. The molecule has 104 valence electrons. The van der Waals surface area contributed by atoms with Crippen molar-refractivity contribution in [2.75, 3.05) is 12.5 Å². The fourth-order valence-electron chi connectivity index (χ4n) is 0.916. The molecule has 7 heteroatoms. The maximum Gasteiger partial charge on any atom is 0.449 e. The maximum absolute atomic E-state index is 12.0. The first kappa shape index (κ1) is 17.7. The Hall–Kier alpha value is -0.320. The van der Waals surface area contributed by atoms with Gasteiger partial charge in [-0.3, -0.25) is 4.79 Å². The molecular formula is C11H15F3O2S2. The standard InChI is InChI=1S/C11H15F3O2S2/c1-4-7-16-8-17-18-10(2,3)6-5-9(15)11(12,13)14/h1H,5-8H2,2-3H3. The maximum atomic E-state index is 12.0. The van der Waals surface area contributed by atoms with E-state index in [1.54, 1.807) is 13.8 Å². The van der Waals surface area contributed by atoms with Crippen LogP contribution in [0.2, 0.25) is 0 Å². The first-order valence-electron chi connectivity index (χ1n) is 5.11. The predicted octanol–water partition coefficient (Wildman–Crippen LogP) is 3.67. The van der Waals surface area contributed by atoms with Crippen LogP contribution in [0.3, 0.4) is 0 Å². The number of alkyl halides is 3. The highest BCUT2D eigenvalue weighted by molar-refractivity contribution is 8.77. The topological polar surface area (TPSA) is 26.3 Å². The highest BCUT2D eigenvalue weighted by atomic mass is 33.1. The van der Waals surface area contributed by atoms with E-state index in [4.69, 9.17) is 11.2 Å². The van der Waals surface area contributed by atoms with Crippen molar-refractivity contribution in [3.8, 4) is 12.3 Å². The van der Waals surface area contributed by atoms with E-state index in [0.717, 1.165) is 0 Å². The van der Waals surface area contributed by atoms with E-state index in [1.165, 1.54) is 21.6 Å². The Bertz CT molecular complexity index is 308. The average Bonchev–Trinajstić information content (AvgIpc) is 2.24. The van der Waals surface area contributed by atoms with Crippen molar-refractivity contribution >= 4 is 27.4 Å². The van der Waals surface area contributed by atoms with Gasteiger partial charge in [0, 0.05) is 11.2 Å². The van der Waals surface area contributed by atoms with Crippen LogP contribution in [0, 0.1) is 12.3 Å². The number of hydrogen-bond donors (Lipinski definition) is 0. The molecule has 0 rings (SSSR count). The predicted molar refractivity (Wildman–Crippen MR) is 69.2 cm³/mol. The smallest absolute Gasteiger partial charge is 0.357 e. The Balaban J connectivity index is 3.87. The number of terminal acetylenes is 1. The summed E-state index contributed by atoms with van der Waals surface area (Å²) in [5, 5.41) is 0. The molecule has 0 bridgehead atoms. The van der Waals surface area contributed by atoms with Gasteiger partial charge >= 0.3 is 6.18 Å². The first-order chi connectivity index (χ1) is 8.19. The van der Waals surface area contributed by atoms with Crippen LogP contribution in [0.15, 0.2) is 0 Å². The van der Waals surface area contributed by atoms with E-state index in [1.807, 2.05) is 0 Å². The summed E-state index contributed by atoms with van der Waals surface area (Å²) in [6, 6.07) is 0. The molecule has 0 aliphatic rings. The number of ether oxygens (including phenoxy) is 1. The summed E-state index contributed by atoms with van der Waals surface area (Å²) in [7, 11) is 2.75. The Labute approximate surface area is 113 Å². The van der Waals surface area contributed by atoms with Crippen LogP contribution in [0.4, 0.5) is 13.2 Å². The molecule has 0 saturated carbocycles. The minimum Gasteiger partial charge on any atom is -0.357 e. The second-order valence-electron chi connectivity index (χ2n) is 4.05. The Morgan fingerprint density at radius 2 is 2.00 bits per heavy atom. The lowest BCUT2D eigenvalue weighted by Gasteiger charge is -2.22. The lowest BCUT2D eigenvalue weighted by Crippen LogP contribution is -2.25. The Kier molecular flexibility index (Phi) is 7.83. The Morgan fingerprint density at radius 3 is 2.50 bits per heavy atom. The zero-order valence-corrected chi connectivity index (χ0v) is 11.8. The van der Waals surface area contributed by atoms with E-state index in [-0.39, 0.29) is 13.0 Å². The van der Waals surface area contributed by atoms with Gasteiger partial charge in [-0.05, 0) is 20.3 Å². The summed E-state index contributed by atoms with van der Waals surface area (Å²) in [6.45, 7) is 3.78. The number of rotatable bonds is 8. The van der Waals surface area contributed by atoms with Crippen LogP contribution in [0.25, 0.3) is 0 Å². The van der Waals surface area contributed by atoms with Crippen LogP contribution >= 0.6 is 21.6 Å². The number of carbonyl (C=O) groups excluding carboxylic acids is 1. The zero-order chi connectivity index (χ0) is 14.2. The minimum absolute atomic E-state index is 0.165. The molecule has 0 aliphatic heterocycles. The monoisotopic (exact) mass is 300 g/mol. The van der Waals surface area contributed by atoms with E-state index >= 15 is 0 Å². The van der Waals surface area contributed by atoms with E-state index in [9.17, 15) is 18.0 Å². The van der Waals surface area contributed by atoms with Gasteiger partial charge in [-0.25, -0.2) is 0 Å². The van der Waals surface area contributed by atoms with Crippen LogP contribution in [-0.4, -0.2) is 29.3 Å². The molecule has 2 nitrogen and oxygen atoms in total.